The summed E-state index contributed by atoms with van der Waals surface area (Å²) < 4.78 is 5.43. The van der Waals surface area contributed by atoms with Crippen LogP contribution in [-0.4, -0.2) is 24.6 Å². The van der Waals surface area contributed by atoms with E-state index in [4.69, 9.17) is 5.53 Å². The van der Waals surface area contributed by atoms with Crippen LogP contribution in [-0.2, 0) is 19.9 Å². The fourth-order valence-corrected chi connectivity index (χ4v) is 3.03. The second kappa shape index (κ2) is 9.28. The summed E-state index contributed by atoms with van der Waals surface area (Å²) in [5.74, 6) is 1.86. The Morgan fingerprint density at radius 2 is 2.12 bits per heavy atom. The van der Waals surface area contributed by atoms with E-state index in [1.807, 2.05) is 51.0 Å². The second-order valence-corrected chi connectivity index (χ2v) is 7.32. The molecule has 1 unspecified atom stereocenters. The van der Waals surface area contributed by atoms with Crippen LogP contribution < -0.4 is 5.32 Å². The summed E-state index contributed by atoms with van der Waals surface area (Å²) in [5, 5.41) is 6.92. The smallest absolute Gasteiger partial charge is 0.293 e. The third kappa shape index (κ3) is 6.27. The van der Waals surface area contributed by atoms with E-state index >= 15 is 0 Å². The Kier molecular flexibility index (Phi) is 7.71. The van der Waals surface area contributed by atoms with Crippen LogP contribution in [0.1, 0.15) is 39.2 Å². The predicted octanol–water partition coefficient (Wildman–Crippen LogP) is 4.01. The monoisotopic (exact) mass is 408 g/mol. The Hall–Kier alpha value is -2.27. The summed E-state index contributed by atoms with van der Waals surface area (Å²) in [6.07, 6.45) is 0.994. The maximum Gasteiger partial charge on any atom is 0.293 e. The molecule has 1 aromatic rings. The van der Waals surface area contributed by atoms with E-state index in [0.717, 1.165) is 10.0 Å². The fraction of sp³-hybridized carbons (Fsp3) is 0.471. The first-order valence-corrected chi connectivity index (χ1v) is 8.48. The maximum absolute atomic E-state index is 10.8. The van der Waals surface area contributed by atoms with E-state index in [-0.39, 0.29) is 5.60 Å². The normalized spacial score (nSPS) is 19.3. The van der Waals surface area contributed by atoms with Gasteiger partial charge in [-0.3, -0.25) is 4.79 Å². The molecular formula is C17H21BrN4O3. The maximum atomic E-state index is 10.8. The van der Waals surface area contributed by atoms with Gasteiger partial charge in [-0.05, 0) is 44.4 Å². The molecule has 1 fully saturated rings. The van der Waals surface area contributed by atoms with Gasteiger partial charge in [-0.25, -0.2) is 4.79 Å². The van der Waals surface area contributed by atoms with Gasteiger partial charge in [0, 0.05) is 22.4 Å². The summed E-state index contributed by atoms with van der Waals surface area (Å²) in [4.78, 5) is 23.3. The van der Waals surface area contributed by atoms with Crippen molar-refractivity contribution in [3.05, 3.63) is 50.4 Å². The van der Waals surface area contributed by atoms with E-state index in [0.29, 0.717) is 31.6 Å². The zero-order valence-electron chi connectivity index (χ0n) is 14.5. The lowest BCUT2D eigenvalue weighted by Crippen LogP contribution is -2.37. The Bertz CT molecular complexity index is 704. The minimum atomic E-state index is -0.715. The summed E-state index contributed by atoms with van der Waals surface area (Å²) in [7, 11) is 0. The van der Waals surface area contributed by atoms with Crippen molar-refractivity contribution in [2.24, 2.45) is 5.11 Å². The van der Waals surface area contributed by atoms with Gasteiger partial charge >= 0.3 is 0 Å². The summed E-state index contributed by atoms with van der Waals surface area (Å²) >= 11 is 3.47. The van der Waals surface area contributed by atoms with Crippen molar-refractivity contribution < 1.29 is 14.3 Å². The van der Waals surface area contributed by atoms with Crippen molar-refractivity contribution in [3.63, 3.8) is 0 Å². The number of benzene rings is 1. The van der Waals surface area contributed by atoms with Crippen LogP contribution in [0.2, 0.25) is 0 Å². The molecule has 1 heterocycles. The molecule has 0 spiro atoms. The summed E-state index contributed by atoms with van der Waals surface area (Å²) in [6, 6.07) is 7.60. The topological polar surface area (TPSA) is 104 Å². The van der Waals surface area contributed by atoms with Crippen LogP contribution in [0.25, 0.3) is 10.4 Å². The first-order chi connectivity index (χ1) is 11.8. The standard InChI is InChI=1S/C12H11BrN4O.C5H10O2/c13-11-4-2-1-3-10(11)12(16-17-14)5-6-15-9(7-12)8-18;1-5(2,3)7-4-6/h1-4,15H,5-7H2;4H,1-3H3. The lowest BCUT2D eigenvalue weighted by Gasteiger charge is -2.34. The number of rotatable bonds is 3. The molecule has 1 saturated heterocycles. The third-order valence-corrected chi connectivity index (χ3v) is 4.17. The largest absolute Gasteiger partial charge is 0.462 e. The number of halogens is 1. The number of azide groups is 1. The van der Waals surface area contributed by atoms with Crippen molar-refractivity contribution in [2.45, 2.75) is 44.8 Å². The Balaban J connectivity index is 0.000000381. The second-order valence-electron chi connectivity index (χ2n) is 6.46. The van der Waals surface area contributed by atoms with Gasteiger partial charge in [0.2, 0.25) is 0 Å². The average Bonchev–Trinajstić information content (AvgIpc) is 2.55. The fourth-order valence-electron chi connectivity index (χ4n) is 2.37. The number of ether oxygens (including phenoxy) is 1. The van der Waals surface area contributed by atoms with E-state index in [1.165, 1.54) is 0 Å². The first-order valence-electron chi connectivity index (χ1n) is 7.68. The number of hydrogen-bond acceptors (Lipinski definition) is 5. The zero-order chi connectivity index (χ0) is 18.9. The van der Waals surface area contributed by atoms with Gasteiger partial charge in [0.05, 0.1) is 11.2 Å². The lowest BCUT2D eigenvalue weighted by atomic mass is 9.81. The molecule has 7 nitrogen and oxygen atoms in total. The van der Waals surface area contributed by atoms with Crippen molar-refractivity contribution in [1.29, 1.82) is 0 Å². The number of hydrogen-bond donors (Lipinski definition) is 1. The van der Waals surface area contributed by atoms with Gasteiger partial charge < -0.3 is 10.1 Å². The molecule has 0 radical (unpaired) electrons. The van der Waals surface area contributed by atoms with E-state index in [1.54, 1.807) is 0 Å². The number of carbonyl (C=O) groups excluding carboxylic acids is 2. The highest BCUT2D eigenvalue weighted by Gasteiger charge is 2.36. The summed E-state index contributed by atoms with van der Waals surface area (Å²) in [5.41, 5.74) is 9.13. The molecule has 1 aliphatic rings. The number of nitrogens with zero attached hydrogens (tertiary/aromatic N) is 3. The lowest BCUT2D eigenvalue weighted by molar-refractivity contribution is -0.138. The van der Waals surface area contributed by atoms with E-state index < -0.39 is 5.54 Å². The first kappa shape index (κ1) is 20.8. The molecule has 1 N–H and O–H groups in total. The summed E-state index contributed by atoms with van der Waals surface area (Å²) in [6.45, 7) is 6.51. The number of carbonyl (C=O) groups is 1. The molecule has 2 rings (SSSR count). The van der Waals surface area contributed by atoms with Crippen molar-refractivity contribution >= 4 is 28.3 Å². The van der Waals surface area contributed by atoms with Crippen LogP contribution >= 0.6 is 15.9 Å². The molecule has 25 heavy (non-hydrogen) atoms. The third-order valence-electron chi connectivity index (χ3n) is 3.48. The molecule has 1 aromatic carbocycles. The van der Waals surface area contributed by atoms with Gasteiger partial charge in [-0.2, -0.15) is 0 Å². The molecule has 0 amide bonds. The van der Waals surface area contributed by atoms with Gasteiger partial charge in [0.15, 0.2) is 0 Å². The molecule has 134 valence electrons. The van der Waals surface area contributed by atoms with E-state index in [9.17, 15) is 9.59 Å². The molecule has 0 bridgehead atoms. The Morgan fingerprint density at radius 1 is 1.44 bits per heavy atom. The van der Waals surface area contributed by atoms with Crippen molar-refractivity contribution in [2.75, 3.05) is 6.54 Å². The van der Waals surface area contributed by atoms with Gasteiger partial charge in [-0.1, -0.05) is 39.2 Å². The predicted molar refractivity (Wildman–Crippen MR) is 98.3 cm³/mol. The van der Waals surface area contributed by atoms with Crippen molar-refractivity contribution in [3.8, 4) is 0 Å². The molecule has 0 aromatic heterocycles. The molecule has 0 aliphatic carbocycles. The Morgan fingerprint density at radius 3 is 2.60 bits per heavy atom. The van der Waals surface area contributed by atoms with Crippen LogP contribution in [0.5, 0.6) is 0 Å². The zero-order valence-corrected chi connectivity index (χ0v) is 16.0. The highest BCUT2D eigenvalue weighted by atomic mass is 79.9. The highest BCUT2D eigenvalue weighted by Crippen LogP contribution is 2.41. The van der Waals surface area contributed by atoms with Crippen LogP contribution in [0.4, 0.5) is 0 Å². The van der Waals surface area contributed by atoms with Gasteiger partial charge in [0.25, 0.3) is 6.47 Å². The molecule has 8 heteroatoms. The van der Waals surface area contributed by atoms with Crippen LogP contribution in [0, 0.1) is 0 Å². The minimum Gasteiger partial charge on any atom is -0.462 e. The Labute approximate surface area is 155 Å². The molecule has 0 saturated carbocycles. The minimum absolute atomic E-state index is 0.318. The van der Waals surface area contributed by atoms with Crippen LogP contribution in [0.3, 0.4) is 0 Å². The van der Waals surface area contributed by atoms with Gasteiger partial charge in [-0.15, -0.1) is 0 Å². The van der Waals surface area contributed by atoms with Crippen molar-refractivity contribution in [1.82, 2.24) is 5.32 Å². The van der Waals surface area contributed by atoms with Crippen LogP contribution in [0.15, 0.2) is 39.5 Å². The number of piperidine rings is 1. The molecule has 1 atom stereocenters. The van der Waals surface area contributed by atoms with Gasteiger partial charge in [0.1, 0.15) is 11.5 Å². The SMILES string of the molecule is CC(C)(C)OC=O.[N-]=[N+]=NC1(c2ccccc2Br)CCNC(=C=O)C1. The van der Waals surface area contributed by atoms with E-state index in [2.05, 4.69) is 36.0 Å². The molecular weight excluding hydrogens is 388 g/mol. The quantitative estimate of drug-likeness (QED) is 0.268. The highest BCUT2D eigenvalue weighted by molar-refractivity contribution is 9.10. The molecule has 1 aliphatic heterocycles. The average molecular weight is 409 g/mol. The number of nitrogens with one attached hydrogen (secondary N) is 1.